The van der Waals surface area contributed by atoms with Crippen LogP contribution in [-0.2, 0) is 13.0 Å². The number of amides is 2. The van der Waals surface area contributed by atoms with Gasteiger partial charge in [0.05, 0.1) is 21.3 Å². The van der Waals surface area contributed by atoms with E-state index in [2.05, 4.69) is 24.0 Å². The molecule has 2 amide bonds. The minimum Gasteiger partial charge on any atom is -0.493 e. The first-order chi connectivity index (χ1) is 13.6. The molecule has 0 atom stereocenters. The van der Waals surface area contributed by atoms with Crippen LogP contribution in [0.1, 0.15) is 11.1 Å². The van der Waals surface area contributed by atoms with Crippen LogP contribution in [0, 0.1) is 0 Å². The van der Waals surface area contributed by atoms with Crippen LogP contribution in [0.2, 0.25) is 0 Å². The average molecular weight is 384 g/mol. The maximum Gasteiger partial charge on any atom is 0.317 e. The molecule has 0 unspecified atom stereocenters. The maximum atomic E-state index is 12.6. The van der Waals surface area contributed by atoms with Crippen molar-refractivity contribution in [1.29, 1.82) is 0 Å². The van der Waals surface area contributed by atoms with Gasteiger partial charge in [-0.15, -0.1) is 6.58 Å². The summed E-state index contributed by atoms with van der Waals surface area (Å²) in [6, 6.07) is 13.6. The Bertz CT molecular complexity index is 752. The fraction of sp³-hybridized carbons (Fsp3) is 0.318. The minimum absolute atomic E-state index is 0.149. The van der Waals surface area contributed by atoms with Crippen LogP contribution in [0.5, 0.6) is 17.2 Å². The van der Waals surface area contributed by atoms with Gasteiger partial charge in [0.1, 0.15) is 0 Å². The first kappa shape index (κ1) is 21.2. The van der Waals surface area contributed by atoms with Gasteiger partial charge in [-0.25, -0.2) is 4.79 Å². The van der Waals surface area contributed by atoms with Gasteiger partial charge < -0.3 is 24.4 Å². The van der Waals surface area contributed by atoms with Crippen molar-refractivity contribution in [2.24, 2.45) is 0 Å². The summed E-state index contributed by atoms with van der Waals surface area (Å²) in [7, 11) is 4.69. The molecule has 0 heterocycles. The van der Waals surface area contributed by atoms with E-state index in [1.54, 1.807) is 32.3 Å². The number of rotatable bonds is 10. The van der Waals surface area contributed by atoms with Gasteiger partial charge in [-0.1, -0.05) is 36.4 Å². The number of nitrogens with zero attached hydrogens (tertiary/aromatic N) is 1. The number of ether oxygens (including phenoxy) is 3. The van der Waals surface area contributed by atoms with Crippen LogP contribution in [0.3, 0.4) is 0 Å². The summed E-state index contributed by atoms with van der Waals surface area (Å²) in [5.41, 5.74) is 2.04. The molecule has 1 N–H and O–H groups in total. The average Bonchev–Trinajstić information content (AvgIpc) is 2.74. The van der Waals surface area contributed by atoms with E-state index in [9.17, 15) is 4.79 Å². The highest BCUT2D eigenvalue weighted by atomic mass is 16.5. The molecule has 2 aromatic rings. The van der Waals surface area contributed by atoms with Crippen molar-refractivity contribution >= 4 is 6.03 Å². The van der Waals surface area contributed by atoms with E-state index in [4.69, 9.17) is 14.2 Å². The molecule has 2 rings (SSSR count). The third kappa shape index (κ3) is 5.67. The molecule has 0 aliphatic carbocycles. The fourth-order valence-electron chi connectivity index (χ4n) is 2.87. The highest BCUT2D eigenvalue weighted by Gasteiger charge is 2.15. The van der Waals surface area contributed by atoms with E-state index < -0.39 is 0 Å². The van der Waals surface area contributed by atoms with Crippen molar-refractivity contribution in [3.8, 4) is 17.2 Å². The van der Waals surface area contributed by atoms with Crippen molar-refractivity contribution in [2.45, 2.75) is 13.0 Å². The van der Waals surface area contributed by atoms with Crippen molar-refractivity contribution in [3.05, 3.63) is 66.2 Å². The molecule has 0 aromatic heterocycles. The number of methoxy groups -OCH3 is 3. The summed E-state index contributed by atoms with van der Waals surface area (Å²) in [6.45, 7) is 5.18. The Morgan fingerprint density at radius 3 is 2.21 bits per heavy atom. The Morgan fingerprint density at radius 1 is 1.04 bits per heavy atom. The highest BCUT2D eigenvalue weighted by molar-refractivity contribution is 5.74. The SMILES string of the molecule is C=CCN(CCc1ccccc1)C(=O)NCc1cc(OC)c(OC)c(OC)c1. The van der Waals surface area contributed by atoms with Gasteiger partial charge in [-0.3, -0.25) is 0 Å². The summed E-state index contributed by atoms with van der Waals surface area (Å²) in [5, 5.41) is 2.95. The normalized spacial score (nSPS) is 10.1. The van der Waals surface area contributed by atoms with E-state index in [1.807, 2.05) is 30.3 Å². The minimum atomic E-state index is -0.149. The second kappa shape index (κ2) is 10.9. The quantitative estimate of drug-likeness (QED) is 0.635. The van der Waals surface area contributed by atoms with Crippen molar-refractivity contribution in [1.82, 2.24) is 10.2 Å². The number of urea groups is 1. The smallest absolute Gasteiger partial charge is 0.317 e. The first-order valence-electron chi connectivity index (χ1n) is 9.09. The largest absolute Gasteiger partial charge is 0.493 e. The molecule has 150 valence electrons. The Balaban J connectivity index is 2.02. The second-order valence-electron chi connectivity index (χ2n) is 6.16. The lowest BCUT2D eigenvalue weighted by Crippen LogP contribution is -2.40. The van der Waals surface area contributed by atoms with Gasteiger partial charge in [0.15, 0.2) is 11.5 Å². The predicted octanol–water partition coefficient (Wildman–Crippen LogP) is 3.65. The summed E-state index contributed by atoms with van der Waals surface area (Å²) < 4.78 is 16.0. The lowest BCUT2D eigenvalue weighted by Gasteiger charge is -2.22. The van der Waals surface area contributed by atoms with Gasteiger partial charge in [-0.05, 0) is 29.7 Å². The Kier molecular flexibility index (Phi) is 8.21. The van der Waals surface area contributed by atoms with Gasteiger partial charge in [-0.2, -0.15) is 0 Å². The Morgan fingerprint density at radius 2 is 1.68 bits per heavy atom. The molecule has 6 heteroatoms. The molecule has 0 saturated carbocycles. The molecule has 6 nitrogen and oxygen atoms in total. The summed E-state index contributed by atoms with van der Waals surface area (Å²) >= 11 is 0. The Labute approximate surface area is 166 Å². The van der Waals surface area contributed by atoms with Crippen molar-refractivity contribution in [3.63, 3.8) is 0 Å². The Hall–Kier alpha value is -3.15. The first-order valence-corrected chi connectivity index (χ1v) is 9.09. The predicted molar refractivity (Wildman–Crippen MR) is 110 cm³/mol. The number of hydrogen-bond acceptors (Lipinski definition) is 4. The number of nitrogens with one attached hydrogen (secondary N) is 1. The number of carbonyl (C=O) groups excluding carboxylic acids is 1. The molecule has 0 spiro atoms. The van der Waals surface area contributed by atoms with Crippen molar-refractivity contribution in [2.75, 3.05) is 34.4 Å². The van der Waals surface area contributed by atoms with E-state index in [0.29, 0.717) is 36.9 Å². The highest BCUT2D eigenvalue weighted by Crippen LogP contribution is 2.38. The van der Waals surface area contributed by atoms with E-state index in [-0.39, 0.29) is 6.03 Å². The third-order valence-electron chi connectivity index (χ3n) is 4.32. The zero-order chi connectivity index (χ0) is 20.4. The molecular weight excluding hydrogens is 356 g/mol. The standard InChI is InChI=1S/C22H28N2O4/c1-5-12-24(13-11-17-9-7-6-8-10-17)22(25)23-16-18-14-19(26-2)21(28-4)20(15-18)27-3/h5-10,14-15H,1,11-13,16H2,2-4H3,(H,23,25). The van der Waals surface area contributed by atoms with Crippen molar-refractivity contribution < 1.29 is 19.0 Å². The fourth-order valence-corrected chi connectivity index (χ4v) is 2.87. The molecule has 0 saturated heterocycles. The molecular formula is C22H28N2O4. The van der Waals surface area contributed by atoms with Crippen LogP contribution in [0.4, 0.5) is 4.79 Å². The van der Waals surface area contributed by atoms with Gasteiger partial charge in [0.2, 0.25) is 5.75 Å². The molecule has 0 radical (unpaired) electrons. The van der Waals surface area contributed by atoms with Crippen LogP contribution in [-0.4, -0.2) is 45.3 Å². The van der Waals surface area contributed by atoms with E-state index in [1.165, 1.54) is 5.56 Å². The zero-order valence-electron chi connectivity index (χ0n) is 16.7. The van der Waals surface area contributed by atoms with Crippen LogP contribution < -0.4 is 19.5 Å². The van der Waals surface area contributed by atoms with Gasteiger partial charge in [0.25, 0.3) is 0 Å². The van der Waals surface area contributed by atoms with Crippen LogP contribution in [0.25, 0.3) is 0 Å². The summed E-state index contributed by atoms with van der Waals surface area (Å²) in [5.74, 6) is 1.63. The molecule has 0 aliphatic heterocycles. The molecule has 0 aliphatic rings. The van der Waals surface area contributed by atoms with Crippen LogP contribution >= 0.6 is 0 Å². The van der Waals surface area contributed by atoms with Gasteiger partial charge in [0, 0.05) is 19.6 Å². The molecule has 0 fully saturated rings. The number of benzene rings is 2. The molecule has 0 bridgehead atoms. The third-order valence-corrected chi connectivity index (χ3v) is 4.32. The topological polar surface area (TPSA) is 60.0 Å². The summed E-state index contributed by atoms with van der Waals surface area (Å²) in [4.78, 5) is 14.4. The van der Waals surface area contributed by atoms with Crippen LogP contribution in [0.15, 0.2) is 55.1 Å². The lowest BCUT2D eigenvalue weighted by molar-refractivity contribution is 0.203. The van der Waals surface area contributed by atoms with Gasteiger partial charge >= 0.3 is 6.03 Å². The lowest BCUT2D eigenvalue weighted by atomic mass is 10.1. The number of hydrogen-bond donors (Lipinski definition) is 1. The maximum absolute atomic E-state index is 12.6. The summed E-state index contributed by atoms with van der Waals surface area (Å²) in [6.07, 6.45) is 2.51. The van der Waals surface area contributed by atoms with E-state index >= 15 is 0 Å². The van der Waals surface area contributed by atoms with E-state index in [0.717, 1.165) is 12.0 Å². The second-order valence-corrected chi connectivity index (χ2v) is 6.16. The monoisotopic (exact) mass is 384 g/mol. The molecule has 2 aromatic carbocycles. The zero-order valence-corrected chi connectivity index (χ0v) is 16.7. The molecule has 28 heavy (non-hydrogen) atoms. The number of carbonyl (C=O) groups is 1.